The SMILES string of the molecule is COc1cc2c(c(OC)c1OC)-c1c(cc(OC)c(OC)c1OC)C(=O)O[C@H]1C3OC(=O)c4c(c(OC)c(OC)c(OC)c4-c4c(OC)c(OC)c(OC)c5c4C(=O)O[C@@H]3[C@H]5O)-c3c(cc(OC)c(OC)c3OC)C(=O)O[C@@H]1COC2=O. The molecule has 5 aliphatic heterocycles. The van der Waals surface area contributed by atoms with E-state index in [0.29, 0.717) is 0 Å². The summed E-state index contributed by atoms with van der Waals surface area (Å²) in [5, 5.41) is 13.0. The van der Waals surface area contributed by atoms with E-state index in [2.05, 4.69) is 0 Å². The van der Waals surface area contributed by atoms with E-state index >= 15 is 24.0 Å². The van der Waals surface area contributed by atoms with Gasteiger partial charge in [0.15, 0.2) is 81.9 Å². The van der Waals surface area contributed by atoms with Gasteiger partial charge in [-0.3, -0.25) is 0 Å². The third kappa shape index (κ3) is 8.36. The molecular formula is C56H56O26. The van der Waals surface area contributed by atoms with Crippen molar-refractivity contribution in [2.75, 3.05) is 113 Å². The number of carbonyl (C=O) groups is 5. The fourth-order valence-electron chi connectivity index (χ4n) is 11.0. The van der Waals surface area contributed by atoms with Gasteiger partial charge in [-0.05, 0) is 18.2 Å². The van der Waals surface area contributed by atoms with Crippen LogP contribution >= 0.6 is 0 Å². The van der Waals surface area contributed by atoms with Crippen LogP contribution in [0, 0.1) is 0 Å². The van der Waals surface area contributed by atoms with Gasteiger partial charge >= 0.3 is 29.8 Å². The monoisotopic (exact) mass is 1140 g/mol. The number of ether oxygens (including phenoxy) is 20. The van der Waals surface area contributed by atoms with Crippen LogP contribution in [0.25, 0.3) is 33.4 Å². The summed E-state index contributed by atoms with van der Waals surface area (Å²) in [7, 11) is 18.8. The zero-order valence-corrected chi connectivity index (χ0v) is 47.0. The predicted molar refractivity (Wildman–Crippen MR) is 280 cm³/mol. The van der Waals surface area contributed by atoms with Gasteiger partial charge < -0.3 is 99.8 Å². The Morgan fingerprint density at radius 1 is 0.317 bits per heavy atom. The number of hydrogen-bond donors (Lipinski definition) is 1. The molecule has 6 bridgehead atoms. The Labute approximate surface area is 467 Å². The standard InChI is InChI=1S/C56H56O26/c1-63-23-16-20-27(41(69-7)37(23)66-4)28-21(17-24(64-2)38(67-5)42(28)70-8)54(60)80-40-26(19-78-52(20)58)79-53(59)22-18-25(65-3)39(68-6)43(71-9)29(22)30-33-31(45(73-11)49(76-14)44(30)72-10)32-34-35(47(75-13)50(77-15)46(32)74-12)36(57)48(81-56(34)62)51(40)82-55(33)61/h16-18,26,36,40,48,51,57H,19H2,1-15H3/t26-,36+,40-,48-,51?/m1/s1. The summed E-state index contributed by atoms with van der Waals surface area (Å²) in [6.07, 6.45) is -11.1. The molecule has 0 aliphatic carbocycles. The second kappa shape index (κ2) is 22.5. The molecule has 0 fully saturated rings. The quantitative estimate of drug-likeness (QED) is 0.0948. The van der Waals surface area contributed by atoms with E-state index in [1.807, 2.05) is 0 Å². The highest BCUT2D eigenvalue weighted by molar-refractivity contribution is 6.17. The van der Waals surface area contributed by atoms with Crippen molar-refractivity contribution in [2.24, 2.45) is 0 Å². The number of cyclic esters (lactones) is 1. The van der Waals surface area contributed by atoms with Gasteiger partial charge in [-0.25, -0.2) is 24.0 Å². The average molecular weight is 1150 g/mol. The van der Waals surface area contributed by atoms with Gasteiger partial charge in [-0.15, -0.1) is 0 Å². The van der Waals surface area contributed by atoms with Crippen LogP contribution in [0.5, 0.6) is 86.2 Å². The van der Waals surface area contributed by atoms with E-state index in [9.17, 15) is 5.11 Å². The Balaban J connectivity index is 1.51. The molecule has 0 spiro atoms. The predicted octanol–water partition coefficient (Wildman–Crippen LogP) is 5.86. The zero-order valence-electron chi connectivity index (χ0n) is 47.0. The molecule has 5 aromatic carbocycles. The van der Waals surface area contributed by atoms with Crippen molar-refractivity contribution in [1.29, 1.82) is 0 Å². The van der Waals surface area contributed by atoms with Crippen LogP contribution in [0.15, 0.2) is 18.2 Å². The first-order valence-electron chi connectivity index (χ1n) is 24.5. The van der Waals surface area contributed by atoms with Crippen molar-refractivity contribution >= 4 is 29.8 Å². The van der Waals surface area contributed by atoms with E-state index in [1.165, 1.54) is 125 Å². The second-order valence-electron chi connectivity index (χ2n) is 17.8. The number of hydrogen-bond acceptors (Lipinski definition) is 26. The van der Waals surface area contributed by atoms with E-state index < -0.39 is 89.2 Å². The minimum atomic E-state index is -2.32. The lowest BCUT2D eigenvalue weighted by atomic mass is 9.80. The number of aliphatic hydroxyl groups is 1. The van der Waals surface area contributed by atoms with Crippen LogP contribution in [0.1, 0.15) is 63.5 Å². The van der Waals surface area contributed by atoms with Crippen molar-refractivity contribution in [3.8, 4) is 120 Å². The Morgan fingerprint density at radius 3 is 1.05 bits per heavy atom. The fraction of sp³-hybridized carbons (Fsp3) is 0.375. The Kier molecular flexibility index (Phi) is 15.7. The molecule has 0 amide bonds. The van der Waals surface area contributed by atoms with Gasteiger partial charge in [-0.1, -0.05) is 0 Å². The lowest BCUT2D eigenvalue weighted by Crippen LogP contribution is -2.56. The molecule has 5 aliphatic rings. The van der Waals surface area contributed by atoms with E-state index in [4.69, 9.17) is 94.7 Å². The van der Waals surface area contributed by atoms with Gasteiger partial charge in [0, 0.05) is 38.9 Å². The molecule has 10 rings (SSSR count). The van der Waals surface area contributed by atoms with Gasteiger partial charge in [0.25, 0.3) is 0 Å². The van der Waals surface area contributed by atoms with E-state index in [1.54, 1.807) is 0 Å². The van der Waals surface area contributed by atoms with E-state index in [-0.39, 0.29) is 131 Å². The third-order valence-electron chi connectivity index (χ3n) is 14.3. The first-order chi connectivity index (χ1) is 39.6. The molecule has 0 aromatic heterocycles. The maximum absolute atomic E-state index is 16.4. The minimum Gasteiger partial charge on any atom is -0.493 e. The Bertz CT molecular complexity index is 3470. The number of methoxy groups -OCH3 is 15. The number of esters is 5. The van der Waals surface area contributed by atoms with Crippen LogP contribution in [0.3, 0.4) is 0 Å². The maximum atomic E-state index is 16.4. The molecule has 26 nitrogen and oxygen atoms in total. The van der Waals surface area contributed by atoms with Crippen molar-refractivity contribution in [2.45, 2.75) is 30.5 Å². The summed E-state index contributed by atoms with van der Waals surface area (Å²) < 4.78 is 121. The highest BCUT2D eigenvalue weighted by Crippen LogP contribution is 2.63. The first kappa shape index (κ1) is 57.1. The van der Waals surface area contributed by atoms with Crippen LogP contribution in [0.4, 0.5) is 0 Å². The molecule has 0 radical (unpaired) electrons. The van der Waals surface area contributed by atoms with Gasteiger partial charge in [0.1, 0.15) is 12.7 Å². The molecule has 0 saturated heterocycles. The summed E-state index contributed by atoms with van der Waals surface area (Å²) >= 11 is 0. The van der Waals surface area contributed by atoms with Gasteiger partial charge in [-0.2, -0.15) is 0 Å². The highest BCUT2D eigenvalue weighted by Gasteiger charge is 2.56. The Morgan fingerprint density at radius 2 is 0.634 bits per heavy atom. The second-order valence-corrected chi connectivity index (χ2v) is 17.8. The van der Waals surface area contributed by atoms with Crippen molar-refractivity contribution in [3.63, 3.8) is 0 Å². The Hall–Kier alpha value is -9.59. The molecule has 5 aromatic rings. The lowest BCUT2D eigenvalue weighted by molar-refractivity contribution is -0.154. The molecule has 1 unspecified atom stereocenters. The average Bonchev–Trinajstić information content (AvgIpc) is 1.26. The van der Waals surface area contributed by atoms with Crippen LogP contribution < -0.4 is 71.1 Å². The molecule has 82 heavy (non-hydrogen) atoms. The van der Waals surface area contributed by atoms with Crippen LogP contribution in [0.2, 0.25) is 0 Å². The topological polar surface area (TPSA) is 290 Å². The minimum absolute atomic E-state index is 0.0556. The summed E-state index contributed by atoms with van der Waals surface area (Å²) in [6, 6.07) is 3.61. The molecule has 5 atom stereocenters. The van der Waals surface area contributed by atoms with Gasteiger partial charge in [0.05, 0.1) is 134 Å². The van der Waals surface area contributed by atoms with Crippen molar-refractivity contribution in [1.82, 2.24) is 0 Å². The van der Waals surface area contributed by atoms with Crippen molar-refractivity contribution in [3.05, 3.63) is 51.6 Å². The van der Waals surface area contributed by atoms with Crippen LogP contribution in [-0.4, -0.2) is 173 Å². The number of carbonyl (C=O) groups excluding carboxylic acids is 5. The number of rotatable bonds is 15. The lowest BCUT2D eigenvalue weighted by Gasteiger charge is -2.41. The summed E-state index contributed by atoms with van der Waals surface area (Å²) in [5.74, 6) is -9.46. The molecular weight excluding hydrogens is 1090 g/mol. The smallest absolute Gasteiger partial charge is 0.340 e. The van der Waals surface area contributed by atoms with Crippen LogP contribution in [-0.2, 0) is 23.7 Å². The molecule has 436 valence electrons. The molecule has 1 N–H and O–H groups in total. The number of aliphatic hydroxyl groups excluding tert-OH is 1. The normalized spacial score (nSPS) is 18.4. The fourth-order valence-corrected chi connectivity index (χ4v) is 11.0. The third-order valence-corrected chi connectivity index (χ3v) is 14.3. The molecule has 0 saturated carbocycles. The number of fused-ring (bicyclic) bond motifs is 7. The summed E-state index contributed by atoms with van der Waals surface area (Å²) in [4.78, 5) is 78.7. The summed E-state index contributed by atoms with van der Waals surface area (Å²) in [5.41, 5.74) is -4.50. The molecule has 5 heterocycles. The zero-order chi connectivity index (χ0) is 59.3. The highest BCUT2D eigenvalue weighted by atomic mass is 16.7. The number of benzene rings is 5. The largest absolute Gasteiger partial charge is 0.493 e. The summed E-state index contributed by atoms with van der Waals surface area (Å²) in [6.45, 7) is -1.08. The van der Waals surface area contributed by atoms with Crippen molar-refractivity contribution < 1.29 is 124 Å². The molecule has 26 heteroatoms. The van der Waals surface area contributed by atoms with Gasteiger partial charge in [0.2, 0.25) is 28.7 Å². The maximum Gasteiger partial charge on any atom is 0.340 e. The first-order valence-corrected chi connectivity index (χ1v) is 24.5. The van der Waals surface area contributed by atoms with E-state index in [0.717, 1.165) is 0 Å².